The molecule has 0 saturated carbocycles. The maximum Gasteiger partial charge on any atom is 0.163 e. The Morgan fingerprint density at radius 3 is 2.24 bits per heavy atom. The van der Waals surface area contributed by atoms with Crippen LogP contribution in [0, 0.1) is 0 Å². The number of phenols is 2. The van der Waals surface area contributed by atoms with Crippen LogP contribution in [0.3, 0.4) is 0 Å². The third-order valence-electron chi connectivity index (χ3n) is 3.80. The number of hydrogen-bond acceptors (Lipinski definition) is 2. The molecule has 0 radical (unpaired) electrons. The molecule has 94 valence electrons. The van der Waals surface area contributed by atoms with Gasteiger partial charge in [0.1, 0.15) is 5.69 Å². The van der Waals surface area contributed by atoms with Gasteiger partial charge >= 0.3 is 0 Å². The lowest BCUT2D eigenvalue weighted by atomic mass is 10.1. The third kappa shape index (κ3) is 2.00. The highest BCUT2D eigenvalue weighted by Crippen LogP contribution is 2.41. The number of phenolic OH excluding ortho intramolecular Hbond substituents is 2. The number of fused-ring (bicyclic) bond motifs is 1. The summed E-state index contributed by atoms with van der Waals surface area (Å²) in [7, 11) is 0. The lowest BCUT2D eigenvalue weighted by molar-refractivity contribution is 0.294. The second-order valence-corrected chi connectivity index (χ2v) is 5.04. The van der Waals surface area contributed by atoms with Crippen molar-refractivity contribution >= 4 is 5.69 Å². The zero-order valence-corrected chi connectivity index (χ0v) is 10.7. The zero-order valence-electron chi connectivity index (χ0n) is 10.7. The van der Waals surface area contributed by atoms with Crippen molar-refractivity contribution in [3.05, 3.63) is 17.7 Å². The topological polar surface area (TPSA) is 40.5 Å². The molecule has 0 spiro atoms. The van der Waals surface area contributed by atoms with E-state index in [1.807, 2.05) is 0 Å². The highest BCUT2D eigenvalue weighted by Gasteiger charge is 2.37. The van der Waals surface area contributed by atoms with E-state index in [1.54, 1.807) is 12.1 Å². The Morgan fingerprint density at radius 1 is 1.06 bits per heavy atom. The zero-order chi connectivity index (χ0) is 12.5. The van der Waals surface area contributed by atoms with Crippen molar-refractivity contribution in [1.82, 2.24) is 4.48 Å². The maximum absolute atomic E-state index is 9.69. The molecule has 0 saturated heterocycles. The predicted octanol–water partition coefficient (Wildman–Crippen LogP) is 2.78. The second kappa shape index (κ2) is 4.57. The van der Waals surface area contributed by atoms with Crippen LogP contribution in [0.15, 0.2) is 12.1 Å². The van der Waals surface area contributed by atoms with Gasteiger partial charge in [0, 0.05) is 18.1 Å². The molecule has 2 N–H and O–H groups in total. The molecule has 0 fully saturated rings. The molecule has 0 bridgehead atoms. The van der Waals surface area contributed by atoms with Gasteiger partial charge in [0.05, 0.1) is 19.6 Å². The summed E-state index contributed by atoms with van der Waals surface area (Å²) in [5, 5.41) is 19.2. The Kier molecular flexibility index (Phi) is 3.29. The highest BCUT2D eigenvalue weighted by molar-refractivity contribution is 5.62. The van der Waals surface area contributed by atoms with Gasteiger partial charge in [-0.25, -0.2) is 0 Å². The fraction of sp³-hybridized carbons (Fsp3) is 0.571. The molecule has 1 aliphatic rings. The van der Waals surface area contributed by atoms with Gasteiger partial charge in [-0.2, -0.15) is 0 Å². The predicted molar refractivity (Wildman–Crippen MR) is 70.5 cm³/mol. The van der Waals surface area contributed by atoms with Crippen molar-refractivity contribution in [3.63, 3.8) is 0 Å². The second-order valence-electron chi connectivity index (χ2n) is 5.04. The fourth-order valence-corrected chi connectivity index (χ4v) is 3.14. The lowest BCUT2D eigenvalue weighted by Gasteiger charge is -2.34. The van der Waals surface area contributed by atoms with Crippen LogP contribution in [0.4, 0.5) is 5.69 Å². The van der Waals surface area contributed by atoms with Crippen molar-refractivity contribution < 1.29 is 10.2 Å². The van der Waals surface area contributed by atoms with E-state index < -0.39 is 0 Å². The minimum atomic E-state index is 0.0109. The number of benzene rings is 1. The SMILES string of the molecule is CCC[N+]1(CCC)CCc2cc(O)c(O)cc21. The summed E-state index contributed by atoms with van der Waals surface area (Å²) >= 11 is 0. The largest absolute Gasteiger partial charge is 0.504 e. The van der Waals surface area contributed by atoms with Crippen molar-refractivity contribution in [2.75, 3.05) is 19.6 Å². The molecule has 1 heterocycles. The van der Waals surface area contributed by atoms with E-state index in [4.69, 9.17) is 0 Å². The first kappa shape index (κ1) is 12.2. The molecule has 1 aromatic carbocycles. The highest BCUT2D eigenvalue weighted by atomic mass is 16.3. The first-order chi connectivity index (χ1) is 8.13. The van der Waals surface area contributed by atoms with E-state index in [0.717, 1.165) is 43.4 Å². The molecule has 0 amide bonds. The van der Waals surface area contributed by atoms with Crippen molar-refractivity contribution in [3.8, 4) is 11.5 Å². The van der Waals surface area contributed by atoms with Gasteiger partial charge in [-0.1, -0.05) is 13.8 Å². The van der Waals surface area contributed by atoms with Gasteiger partial charge in [0.25, 0.3) is 0 Å². The van der Waals surface area contributed by atoms with Crippen molar-refractivity contribution in [2.45, 2.75) is 33.1 Å². The van der Waals surface area contributed by atoms with Gasteiger partial charge in [0.15, 0.2) is 11.5 Å². The van der Waals surface area contributed by atoms with Crippen LogP contribution in [-0.4, -0.2) is 29.8 Å². The van der Waals surface area contributed by atoms with E-state index in [1.165, 1.54) is 11.3 Å². The molecular formula is C14H22NO2+. The van der Waals surface area contributed by atoms with Crippen LogP contribution in [0.5, 0.6) is 11.5 Å². The summed E-state index contributed by atoms with van der Waals surface area (Å²) in [4.78, 5) is 0. The Labute approximate surface area is 103 Å². The van der Waals surface area contributed by atoms with Crippen LogP contribution in [-0.2, 0) is 6.42 Å². The van der Waals surface area contributed by atoms with Gasteiger partial charge < -0.3 is 10.2 Å². The van der Waals surface area contributed by atoms with E-state index >= 15 is 0 Å². The van der Waals surface area contributed by atoms with E-state index in [2.05, 4.69) is 13.8 Å². The molecule has 0 unspecified atom stereocenters. The van der Waals surface area contributed by atoms with Crippen LogP contribution in [0.1, 0.15) is 32.3 Å². The molecule has 1 aliphatic heterocycles. The number of rotatable bonds is 4. The molecule has 17 heavy (non-hydrogen) atoms. The number of nitrogens with zero attached hydrogens (tertiary/aromatic N) is 1. The standard InChI is InChI=1S/C14H21NO2/c1-3-6-15(7-4-2)8-5-11-9-13(16)14(17)10-12(11)15/h9-10H,3-8H2,1-2H3,(H-,16,17)/p+1. The Balaban J connectivity index is 2.45. The average molecular weight is 236 g/mol. The first-order valence-electron chi connectivity index (χ1n) is 6.54. The summed E-state index contributed by atoms with van der Waals surface area (Å²) < 4.78 is 0.968. The normalized spacial score (nSPS) is 17.1. The minimum absolute atomic E-state index is 0.0109. The van der Waals surface area contributed by atoms with Gasteiger partial charge in [0.2, 0.25) is 0 Å². The summed E-state index contributed by atoms with van der Waals surface area (Å²) in [6, 6.07) is 3.50. The number of aromatic hydroxyl groups is 2. The molecule has 0 atom stereocenters. The summed E-state index contributed by atoms with van der Waals surface area (Å²) in [5.74, 6) is 0.0251. The van der Waals surface area contributed by atoms with Crippen LogP contribution >= 0.6 is 0 Å². The Bertz CT molecular complexity index is 409. The molecule has 3 nitrogen and oxygen atoms in total. The first-order valence-corrected chi connectivity index (χ1v) is 6.54. The van der Waals surface area contributed by atoms with Gasteiger partial charge in [-0.15, -0.1) is 0 Å². The van der Waals surface area contributed by atoms with Gasteiger partial charge in [-0.3, -0.25) is 4.48 Å². The molecule has 0 aromatic heterocycles. The molecule has 3 heteroatoms. The third-order valence-corrected chi connectivity index (χ3v) is 3.80. The maximum atomic E-state index is 9.69. The van der Waals surface area contributed by atoms with Crippen LogP contribution in [0.2, 0.25) is 0 Å². The molecule has 1 aromatic rings. The summed E-state index contributed by atoms with van der Waals surface area (Å²) in [6.07, 6.45) is 3.28. The number of hydrogen-bond donors (Lipinski definition) is 2. The van der Waals surface area contributed by atoms with E-state index in [0.29, 0.717) is 0 Å². The number of quaternary nitrogens is 1. The smallest absolute Gasteiger partial charge is 0.163 e. The molecule has 2 rings (SSSR count). The molecular weight excluding hydrogens is 214 g/mol. The van der Waals surface area contributed by atoms with Crippen LogP contribution in [0.25, 0.3) is 0 Å². The van der Waals surface area contributed by atoms with E-state index in [9.17, 15) is 10.2 Å². The van der Waals surface area contributed by atoms with Crippen molar-refractivity contribution in [1.29, 1.82) is 0 Å². The van der Waals surface area contributed by atoms with E-state index in [-0.39, 0.29) is 11.5 Å². The van der Waals surface area contributed by atoms with Crippen LogP contribution < -0.4 is 4.48 Å². The monoisotopic (exact) mass is 236 g/mol. The van der Waals surface area contributed by atoms with Crippen molar-refractivity contribution in [2.24, 2.45) is 0 Å². The lowest BCUT2D eigenvalue weighted by Crippen LogP contribution is -2.48. The summed E-state index contributed by atoms with van der Waals surface area (Å²) in [6.45, 7) is 7.73. The Hall–Kier alpha value is -1.22. The Morgan fingerprint density at radius 2 is 1.65 bits per heavy atom. The summed E-state index contributed by atoms with van der Waals surface area (Å²) in [5.41, 5.74) is 2.41. The fourth-order valence-electron chi connectivity index (χ4n) is 3.14. The molecule has 0 aliphatic carbocycles. The average Bonchev–Trinajstić information content (AvgIpc) is 2.60. The minimum Gasteiger partial charge on any atom is -0.504 e. The van der Waals surface area contributed by atoms with Gasteiger partial charge in [-0.05, 0) is 18.9 Å². The quantitative estimate of drug-likeness (QED) is 0.623.